The average molecular weight is 368 g/mol. The molecule has 6 nitrogen and oxygen atoms in total. The number of pyridine rings is 1. The summed E-state index contributed by atoms with van der Waals surface area (Å²) >= 11 is 5.84. The highest BCUT2D eigenvalue weighted by Crippen LogP contribution is 2.26. The Kier molecular flexibility index (Phi) is 4.06. The second-order valence-corrected chi connectivity index (χ2v) is 5.81. The van der Waals surface area contributed by atoms with Crippen molar-refractivity contribution in [1.82, 2.24) is 19.6 Å². The summed E-state index contributed by atoms with van der Waals surface area (Å²) in [6, 6.07) is 13.1. The van der Waals surface area contributed by atoms with Gasteiger partial charge in [0.2, 0.25) is 0 Å². The van der Waals surface area contributed by atoms with E-state index >= 15 is 0 Å². The third-order valence-corrected chi connectivity index (χ3v) is 4.02. The third-order valence-electron chi connectivity index (χ3n) is 3.73. The van der Waals surface area contributed by atoms with Crippen molar-refractivity contribution in [2.45, 2.75) is 0 Å². The lowest BCUT2D eigenvalue weighted by Crippen LogP contribution is -2.16. The Morgan fingerprint density at radius 2 is 1.96 bits per heavy atom. The molecule has 1 aromatic carbocycles. The van der Waals surface area contributed by atoms with Crippen molar-refractivity contribution in [1.29, 1.82) is 0 Å². The van der Waals surface area contributed by atoms with Gasteiger partial charge in [-0.2, -0.15) is 5.10 Å². The Morgan fingerprint density at radius 1 is 1.08 bits per heavy atom. The van der Waals surface area contributed by atoms with Gasteiger partial charge in [0, 0.05) is 11.8 Å². The van der Waals surface area contributed by atoms with Crippen LogP contribution in [0, 0.1) is 5.82 Å². The number of carbonyl (C=O) groups excluding carboxylic acids is 1. The van der Waals surface area contributed by atoms with Gasteiger partial charge < -0.3 is 5.32 Å². The van der Waals surface area contributed by atoms with Crippen molar-refractivity contribution in [2.75, 3.05) is 5.32 Å². The molecular formula is C18H11ClFN5O. The molecule has 4 rings (SSSR count). The van der Waals surface area contributed by atoms with Crippen LogP contribution in [0.5, 0.6) is 0 Å². The van der Waals surface area contributed by atoms with E-state index in [0.717, 1.165) is 0 Å². The minimum absolute atomic E-state index is 0.00291. The first kappa shape index (κ1) is 16.2. The van der Waals surface area contributed by atoms with Crippen LogP contribution < -0.4 is 5.32 Å². The predicted octanol–water partition coefficient (Wildman–Crippen LogP) is 3.84. The Hall–Kier alpha value is -3.32. The summed E-state index contributed by atoms with van der Waals surface area (Å²) in [5.74, 6) is -0.586. The van der Waals surface area contributed by atoms with E-state index in [9.17, 15) is 9.18 Å². The fourth-order valence-electron chi connectivity index (χ4n) is 2.49. The van der Waals surface area contributed by atoms with Crippen LogP contribution in [0.25, 0.3) is 16.9 Å². The van der Waals surface area contributed by atoms with Gasteiger partial charge in [-0.25, -0.2) is 18.9 Å². The van der Waals surface area contributed by atoms with Crippen molar-refractivity contribution < 1.29 is 9.18 Å². The van der Waals surface area contributed by atoms with Crippen LogP contribution in [0.4, 0.5) is 10.2 Å². The third kappa shape index (κ3) is 2.89. The summed E-state index contributed by atoms with van der Waals surface area (Å²) in [5, 5.41) is 7.02. The van der Waals surface area contributed by atoms with Crippen LogP contribution in [0.3, 0.4) is 0 Å². The molecule has 0 aliphatic carbocycles. The number of carbonyl (C=O) groups is 1. The number of halogens is 2. The van der Waals surface area contributed by atoms with Gasteiger partial charge in [-0.05, 0) is 36.4 Å². The van der Waals surface area contributed by atoms with Gasteiger partial charge in [0.25, 0.3) is 5.91 Å². The number of nitrogens with zero attached hydrogens (tertiary/aromatic N) is 4. The summed E-state index contributed by atoms with van der Waals surface area (Å²) in [7, 11) is 0. The SMILES string of the molecule is O=C(Nc1ccccn1)c1cnc2ccc(-c3cccc(Cl)c3F)nn12. The normalized spacial score (nSPS) is 10.8. The predicted molar refractivity (Wildman–Crippen MR) is 95.6 cm³/mol. The lowest BCUT2D eigenvalue weighted by molar-refractivity contribution is 0.102. The van der Waals surface area contributed by atoms with Crippen molar-refractivity contribution >= 4 is 29.0 Å². The summed E-state index contributed by atoms with van der Waals surface area (Å²) in [4.78, 5) is 20.7. The minimum Gasteiger partial charge on any atom is -0.305 e. The molecule has 8 heteroatoms. The average Bonchev–Trinajstić information content (AvgIpc) is 3.08. The molecule has 128 valence electrons. The number of imidazole rings is 1. The summed E-state index contributed by atoms with van der Waals surface area (Å²) in [6.07, 6.45) is 2.97. The Labute approximate surface area is 152 Å². The van der Waals surface area contributed by atoms with E-state index in [0.29, 0.717) is 17.2 Å². The number of anilines is 1. The second kappa shape index (κ2) is 6.53. The molecule has 1 N–H and O–H groups in total. The Morgan fingerprint density at radius 3 is 2.77 bits per heavy atom. The number of hydrogen-bond donors (Lipinski definition) is 1. The van der Waals surface area contributed by atoms with Gasteiger partial charge in [0.05, 0.1) is 16.9 Å². The van der Waals surface area contributed by atoms with Crippen LogP contribution in [0.15, 0.2) is 60.9 Å². The van der Waals surface area contributed by atoms with Crippen molar-refractivity contribution in [3.05, 3.63) is 77.5 Å². The molecule has 0 aliphatic rings. The van der Waals surface area contributed by atoms with Gasteiger partial charge in [-0.3, -0.25) is 4.79 Å². The van der Waals surface area contributed by atoms with Crippen molar-refractivity contribution in [3.8, 4) is 11.3 Å². The van der Waals surface area contributed by atoms with Gasteiger partial charge in [0.1, 0.15) is 5.82 Å². The van der Waals surface area contributed by atoms with Gasteiger partial charge in [-0.15, -0.1) is 0 Å². The zero-order valence-corrected chi connectivity index (χ0v) is 14.0. The fraction of sp³-hybridized carbons (Fsp3) is 0. The van der Waals surface area contributed by atoms with E-state index in [1.54, 1.807) is 48.7 Å². The maximum absolute atomic E-state index is 14.3. The first-order valence-electron chi connectivity index (χ1n) is 7.65. The van der Waals surface area contributed by atoms with E-state index in [2.05, 4.69) is 20.4 Å². The van der Waals surface area contributed by atoms with Crippen LogP contribution in [0.2, 0.25) is 5.02 Å². The van der Waals surface area contributed by atoms with Crippen molar-refractivity contribution in [3.63, 3.8) is 0 Å². The van der Waals surface area contributed by atoms with E-state index in [1.807, 2.05) is 0 Å². The monoisotopic (exact) mass is 367 g/mol. The number of hydrogen-bond acceptors (Lipinski definition) is 4. The molecule has 0 saturated carbocycles. The number of aromatic nitrogens is 4. The molecule has 0 fully saturated rings. The topological polar surface area (TPSA) is 72.2 Å². The van der Waals surface area contributed by atoms with E-state index in [1.165, 1.54) is 16.8 Å². The minimum atomic E-state index is -0.569. The summed E-state index contributed by atoms with van der Waals surface area (Å²) < 4.78 is 15.6. The number of nitrogens with one attached hydrogen (secondary N) is 1. The van der Waals surface area contributed by atoms with Crippen LogP contribution in [-0.2, 0) is 0 Å². The molecule has 4 aromatic rings. The first-order valence-corrected chi connectivity index (χ1v) is 8.03. The second-order valence-electron chi connectivity index (χ2n) is 5.40. The summed E-state index contributed by atoms with van der Waals surface area (Å²) in [5.41, 5.74) is 1.24. The molecule has 0 aliphatic heterocycles. The molecular weight excluding hydrogens is 357 g/mol. The zero-order chi connectivity index (χ0) is 18.1. The molecule has 3 heterocycles. The van der Waals surface area contributed by atoms with Crippen LogP contribution >= 0.6 is 11.6 Å². The molecule has 0 unspecified atom stereocenters. The molecule has 3 aromatic heterocycles. The first-order chi connectivity index (χ1) is 12.6. The molecule has 1 amide bonds. The molecule has 0 bridgehead atoms. The van der Waals surface area contributed by atoms with E-state index in [-0.39, 0.29) is 16.3 Å². The molecule has 0 atom stereocenters. The van der Waals surface area contributed by atoms with E-state index in [4.69, 9.17) is 11.6 Å². The molecule has 0 spiro atoms. The van der Waals surface area contributed by atoms with Gasteiger partial charge in [-0.1, -0.05) is 23.7 Å². The lowest BCUT2D eigenvalue weighted by Gasteiger charge is -2.06. The molecule has 0 radical (unpaired) electrons. The number of amides is 1. The zero-order valence-electron chi connectivity index (χ0n) is 13.2. The van der Waals surface area contributed by atoms with Gasteiger partial charge in [0.15, 0.2) is 17.2 Å². The number of benzene rings is 1. The standard InChI is InChI=1S/C18H11ClFN5O/c19-12-5-3-4-11(17(12)20)13-7-8-16-22-10-14(25(16)24-13)18(26)23-15-6-1-2-9-21-15/h1-10H,(H,21,23,26). The fourth-order valence-corrected chi connectivity index (χ4v) is 2.67. The van der Waals surface area contributed by atoms with Crippen LogP contribution in [-0.4, -0.2) is 25.5 Å². The lowest BCUT2D eigenvalue weighted by atomic mass is 10.1. The highest BCUT2D eigenvalue weighted by atomic mass is 35.5. The Balaban J connectivity index is 1.75. The molecule has 0 saturated heterocycles. The highest BCUT2D eigenvalue weighted by molar-refractivity contribution is 6.31. The Bertz CT molecular complexity index is 1110. The van der Waals surface area contributed by atoms with Crippen LogP contribution in [0.1, 0.15) is 10.5 Å². The number of rotatable bonds is 3. The largest absolute Gasteiger partial charge is 0.305 e. The summed E-state index contributed by atoms with van der Waals surface area (Å²) in [6.45, 7) is 0. The molecule has 26 heavy (non-hydrogen) atoms. The highest BCUT2D eigenvalue weighted by Gasteiger charge is 2.16. The maximum Gasteiger partial charge on any atom is 0.277 e. The van der Waals surface area contributed by atoms with Crippen molar-refractivity contribution in [2.24, 2.45) is 0 Å². The smallest absolute Gasteiger partial charge is 0.277 e. The number of fused-ring (bicyclic) bond motifs is 1. The van der Waals surface area contributed by atoms with Gasteiger partial charge >= 0.3 is 0 Å². The van der Waals surface area contributed by atoms with E-state index < -0.39 is 11.7 Å². The maximum atomic E-state index is 14.3. The quantitative estimate of drug-likeness (QED) is 0.597.